The number of hydrogen-bond donors (Lipinski definition) is 2. The average molecular weight is 430 g/mol. The van der Waals surface area contributed by atoms with E-state index in [1.54, 1.807) is 25.3 Å². The highest BCUT2D eigenvalue weighted by atomic mass is 19.4. The third-order valence-corrected chi connectivity index (χ3v) is 4.46. The molecular formula is C23H21F3N2O3. The van der Waals surface area contributed by atoms with Crippen molar-refractivity contribution in [1.29, 1.82) is 0 Å². The number of fused-ring (bicyclic) bond motifs is 1. The number of nitrogens with zero attached hydrogens (tertiary/aromatic N) is 1. The molecule has 3 rings (SSSR count). The molecule has 31 heavy (non-hydrogen) atoms. The quantitative estimate of drug-likeness (QED) is 0.524. The molecule has 2 N–H and O–H groups in total. The van der Waals surface area contributed by atoms with Crippen molar-refractivity contribution < 1.29 is 27.8 Å². The second kappa shape index (κ2) is 9.72. The van der Waals surface area contributed by atoms with Gasteiger partial charge in [0.2, 0.25) is 0 Å². The van der Waals surface area contributed by atoms with Gasteiger partial charge in [0, 0.05) is 28.9 Å². The van der Waals surface area contributed by atoms with Crippen LogP contribution in [0.2, 0.25) is 0 Å². The van der Waals surface area contributed by atoms with Crippen LogP contribution in [0.25, 0.3) is 17.0 Å². The maximum atomic E-state index is 12.6. The van der Waals surface area contributed by atoms with Crippen LogP contribution in [0.5, 0.6) is 0 Å². The van der Waals surface area contributed by atoms with E-state index in [0.717, 1.165) is 17.0 Å². The number of pyridine rings is 1. The van der Waals surface area contributed by atoms with E-state index in [4.69, 9.17) is 9.84 Å². The Morgan fingerprint density at radius 2 is 2.00 bits per heavy atom. The van der Waals surface area contributed by atoms with Crippen molar-refractivity contribution >= 4 is 28.6 Å². The summed E-state index contributed by atoms with van der Waals surface area (Å²) in [5.74, 6) is -0.364. The molecular weight excluding hydrogens is 409 g/mol. The van der Waals surface area contributed by atoms with Crippen molar-refractivity contribution in [2.45, 2.75) is 19.7 Å². The summed E-state index contributed by atoms with van der Waals surface area (Å²) >= 11 is 0. The number of nitrogens with one attached hydrogen (secondary N) is 1. The molecule has 0 bridgehead atoms. The summed E-state index contributed by atoms with van der Waals surface area (Å²) in [5.41, 5.74) is 3.40. The molecule has 2 aromatic carbocycles. The Labute approximate surface area is 177 Å². The highest BCUT2D eigenvalue weighted by molar-refractivity contribution is 6.06. The minimum Gasteiger partial charge on any atom is -0.394 e. The number of hydrogen-bond acceptors (Lipinski definition) is 4. The van der Waals surface area contributed by atoms with Crippen LogP contribution in [0.3, 0.4) is 0 Å². The Morgan fingerprint density at radius 3 is 2.71 bits per heavy atom. The monoisotopic (exact) mass is 430 g/mol. The minimum atomic E-state index is -4.39. The molecule has 0 saturated heterocycles. The van der Waals surface area contributed by atoms with Crippen LogP contribution in [-0.4, -0.2) is 35.4 Å². The van der Waals surface area contributed by atoms with E-state index in [2.05, 4.69) is 10.3 Å². The molecule has 3 aromatic rings. The summed E-state index contributed by atoms with van der Waals surface area (Å²) in [6, 6.07) is 11.7. The van der Waals surface area contributed by atoms with Crippen LogP contribution >= 0.6 is 0 Å². The standard InChI is InChI=1S/C23H21F3N2O3/c1-15-10-16(6-7-23(24,25)26)2-5-20(15)22(30)28-19-4-3-18-11-17(14-31-9-8-29)13-27-21(18)12-19/h2-7,10-13,29H,8-9,14H2,1H3,(H,28,30). The number of allylic oxidation sites excluding steroid dienone is 1. The highest BCUT2D eigenvalue weighted by Crippen LogP contribution is 2.22. The fourth-order valence-electron chi connectivity index (χ4n) is 3.01. The van der Waals surface area contributed by atoms with Gasteiger partial charge in [-0.3, -0.25) is 9.78 Å². The number of halogens is 3. The molecule has 1 amide bonds. The number of amides is 1. The first kappa shape index (κ1) is 22.5. The summed E-state index contributed by atoms with van der Waals surface area (Å²) in [5, 5.41) is 12.4. The minimum absolute atomic E-state index is 0.0451. The number of aryl methyl sites for hydroxylation is 1. The van der Waals surface area contributed by atoms with Crippen molar-refractivity contribution in [1.82, 2.24) is 4.98 Å². The molecule has 5 nitrogen and oxygen atoms in total. The Balaban J connectivity index is 1.72. The van der Waals surface area contributed by atoms with E-state index >= 15 is 0 Å². The zero-order chi connectivity index (χ0) is 22.4. The summed E-state index contributed by atoms with van der Waals surface area (Å²) in [6.45, 7) is 2.22. The molecule has 0 fully saturated rings. The Kier molecular flexibility index (Phi) is 7.04. The molecule has 8 heteroatoms. The second-order valence-electron chi connectivity index (χ2n) is 6.93. The summed E-state index contributed by atoms with van der Waals surface area (Å²) in [6.07, 6.45) is -1.59. The molecule has 162 valence electrons. The molecule has 0 atom stereocenters. The molecule has 0 aliphatic carbocycles. The third-order valence-electron chi connectivity index (χ3n) is 4.46. The molecule has 0 radical (unpaired) electrons. The average Bonchev–Trinajstić information content (AvgIpc) is 2.72. The summed E-state index contributed by atoms with van der Waals surface area (Å²) in [7, 11) is 0. The molecule has 0 aliphatic rings. The maximum absolute atomic E-state index is 12.6. The van der Waals surface area contributed by atoms with Gasteiger partial charge in [-0.1, -0.05) is 24.3 Å². The van der Waals surface area contributed by atoms with E-state index in [1.807, 2.05) is 12.1 Å². The Morgan fingerprint density at radius 1 is 1.19 bits per heavy atom. The van der Waals surface area contributed by atoms with Crippen LogP contribution in [0, 0.1) is 6.92 Å². The Hall–Kier alpha value is -3.23. The zero-order valence-corrected chi connectivity index (χ0v) is 16.7. The van der Waals surface area contributed by atoms with E-state index in [9.17, 15) is 18.0 Å². The zero-order valence-electron chi connectivity index (χ0n) is 16.7. The largest absolute Gasteiger partial charge is 0.409 e. The number of carbonyl (C=O) groups is 1. The van der Waals surface area contributed by atoms with Crippen molar-refractivity contribution in [2.75, 3.05) is 18.5 Å². The third kappa shape index (κ3) is 6.37. The number of aromatic nitrogens is 1. The number of aliphatic hydroxyl groups is 1. The topological polar surface area (TPSA) is 71.5 Å². The van der Waals surface area contributed by atoms with E-state index in [0.29, 0.717) is 34.5 Å². The highest BCUT2D eigenvalue weighted by Gasteiger charge is 2.21. The van der Waals surface area contributed by atoms with Gasteiger partial charge >= 0.3 is 6.18 Å². The first-order chi connectivity index (χ1) is 14.7. The van der Waals surface area contributed by atoms with Gasteiger partial charge in [0.1, 0.15) is 0 Å². The van der Waals surface area contributed by atoms with Crippen LogP contribution in [-0.2, 0) is 11.3 Å². The van der Waals surface area contributed by atoms with E-state index in [-0.39, 0.29) is 25.2 Å². The molecule has 0 saturated carbocycles. The fraction of sp³-hybridized carbons (Fsp3) is 0.217. The predicted molar refractivity (Wildman–Crippen MR) is 113 cm³/mol. The fourth-order valence-corrected chi connectivity index (χ4v) is 3.01. The Bertz CT molecular complexity index is 1110. The second-order valence-corrected chi connectivity index (χ2v) is 6.93. The van der Waals surface area contributed by atoms with Gasteiger partial charge in [-0.05, 0) is 47.9 Å². The normalized spacial score (nSPS) is 11.9. The van der Waals surface area contributed by atoms with Crippen molar-refractivity contribution in [3.63, 3.8) is 0 Å². The van der Waals surface area contributed by atoms with Crippen LogP contribution in [0.1, 0.15) is 27.0 Å². The van der Waals surface area contributed by atoms with Crippen LogP contribution in [0.4, 0.5) is 18.9 Å². The summed E-state index contributed by atoms with van der Waals surface area (Å²) < 4.78 is 42.3. The number of carbonyl (C=O) groups excluding carboxylic acids is 1. The van der Waals surface area contributed by atoms with Gasteiger partial charge in [0.05, 0.1) is 25.3 Å². The smallest absolute Gasteiger partial charge is 0.394 e. The molecule has 0 spiro atoms. The van der Waals surface area contributed by atoms with Gasteiger partial charge in [-0.2, -0.15) is 13.2 Å². The van der Waals surface area contributed by atoms with Gasteiger partial charge < -0.3 is 15.2 Å². The molecule has 0 aliphatic heterocycles. The lowest BCUT2D eigenvalue weighted by Crippen LogP contribution is -2.13. The number of aliphatic hydroxyl groups excluding tert-OH is 1. The number of alkyl halides is 3. The first-order valence-electron chi connectivity index (χ1n) is 9.50. The number of rotatable bonds is 7. The SMILES string of the molecule is Cc1cc(C=CC(F)(F)F)ccc1C(=O)Nc1ccc2cc(COCCO)cnc2c1. The van der Waals surface area contributed by atoms with Gasteiger partial charge in [-0.15, -0.1) is 0 Å². The maximum Gasteiger partial charge on any atom is 0.409 e. The van der Waals surface area contributed by atoms with Crippen molar-refractivity contribution in [3.8, 4) is 0 Å². The van der Waals surface area contributed by atoms with Crippen molar-refractivity contribution in [3.05, 3.63) is 77.0 Å². The number of ether oxygens (including phenoxy) is 1. The lowest BCUT2D eigenvalue weighted by atomic mass is 10.0. The van der Waals surface area contributed by atoms with Gasteiger partial charge in [0.25, 0.3) is 5.91 Å². The molecule has 1 heterocycles. The first-order valence-corrected chi connectivity index (χ1v) is 9.50. The predicted octanol–water partition coefficient (Wildman–Crippen LogP) is 4.88. The lowest BCUT2D eigenvalue weighted by molar-refractivity contribution is -0.0790. The lowest BCUT2D eigenvalue weighted by Gasteiger charge is -2.10. The van der Waals surface area contributed by atoms with Gasteiger partial charge in [-0.25, -0.2) is 0 Å². The molecule has 1 aromatic heterocycles. The van der Waals surface area contributed by atoms with Gasteiger partial charge in [0.15, 0.2) is 0 Å². The van der Waals surface area contributed by atoms with Crippen LogP contribution in [0.15, 0.2) is 54.7 Å². The summed E-state index contributed by atoms with van der Waals surface area (Å²) in [4.78, 5) is 17.0. The van der Waals surface area contributed by atoms with Crippen molar-refractivity contribution in [2.24, 2.45) is 0 Å². The number of benzene rings is 2. The van der Waals surface area contributed by atoms with E-state index in [1.165, 1.54) is 18.2 Å². The van der Waals surface area contributed by atoms with E-state index < -0.39 is 6.18 Å². The van der Waals surface area contributed by atoms with Crippen LogP contribution < -0.4 is 5.32 Å². The number of anilines is 1. The molecule has 0 unspecified atom stereocenters.